The third kappa shape index (κ3) is 3.65. The SMILES string of the molecule is COc1ccc([C@H](c2sc3nc(C)nn3c2O)[NH+]2C[C@@H](C)O[C@@H](C)C2)cc1OC. The van der Waals surface area contributed by atoms with Crippen LogP contribution < -0.4 is 14.4 Å². The Balaban J connectivity index is 1.85. The van der Waals surface area contributed by atoms with Crippen LogP contribution in [0.4, 0.5) is 0 Å². The summed E-state index contributed by atoms with van der Waals surface area (Å²) in [7, 11) is 3.26. The van der Waals surface area contributed by atoms with Gasteiger partial charge in [0.2, 0.25) is 10.8 Å². The molecule has 2 N–H and O–H groups in total. The molecule has 4 atom stereocenters. The second kappa shape index (κ2) is 7.81. The Labute approximate surface area is 173 Å². The molecule has 0 saturated carbocycles. The fraction of sp³-hybridized carbons (Fsp3) is 0.500. The van der Waals surface area contributed by atoms with Crippen molar-refractivity contribution in [3.63, 3.8) is 0 Å². The summed E-state index contributed by atoms with van der Waals surface area (Å²) in [5.41, 5.74) is 1.04. The highest BCUT2D eigenvalue weighted by molar-refractivity contribution is 7.17. The van der Waals surface area contributed by atoms with Gasteiger partial charge in [-0.2, -0.15) is 4.52 Å². The Morgan fingerprint density at radius 1 is 1.21 bits per heavy atom. The van der Waals surface area contributed by atoms with Crippen LogP contribution >= 0.6 is 11.3 Å². The predicted molar refractivity (Wildman–Crippen MR) is 109 cm³/mol. The van der Waals surface area contributed by atoms with Crippen LogP contribution in [0, 0.1) is 6.92 Å². The van der Waals surface area contributed by atoms with Crippen molar-refractivity contribution in [1.29, 1.82) is 0 Å². The third-order valence-electron chi connectivity index (χ3n) is 5.28. The van der Waals surface area contributed by atoms with Crippen molar-refractivity contribution >= 4 is 16.3 Å². The number of aromatic hydroxyl groups is 1. The van der Waals surface area contributed by atoms with Crippen LogP contribution in [0.1, 0.15) is 36.2 Å². The van der Waals surface area contributed by atoms with Gasteiger partial charge >= 0.3 is 0 Å². The van der Waals surface area contributed by atoms with Crippen LogP contribution in [-0.2, 0) is 4.74 Å². The van der Waals surface area contributed by atoms with E-state index in [1.807, 2.05) is 25.1 Å². The molecule has 1 saturated heterocycles. The first-order chi connectivity index (χ1) is 13.9. The lowest BCUT2D eigenvalue weighted by atomic mass is 10.0. The van der Waals surface area contributed by atoms with Gasteiger partial charge in [0.15, 0.2) is 17.5 Å². The molecule has 1 aliphatic heterocycles. The Hall–Kier alpha value is -2.36. The summed E-state index contributed by atoms with van der Waals surface area (Å²) in [4.78, 5) is 7.28. The van der Waals surface area contributed by atoms with Gasteiger partial charge in [-0.1, -0.05) is 11.3 Å². The van der Waals surface area contributed by atoms with Crippen LogP contribution in [0.15, 0.2) is 18.2 Å². The highest BCUT2D eigenvalue weighted by Gasteiger charge is 2.37. The Morgan fingerprint density at radius 3 is 2.52 bits per heavy atom. The van der Waals surface area contributed by atoms with E-state index in [0.717, 1.165) is 23.5 Å². The molecule has 0 aliphatic carbocycles. The van der Waals surface area contributed by atoms with E-state index >= 15 is 0 Å². The highest BCUT2D eigenvalue weighted by Crippen LogP contribution is 2.38. The standard InChI is InChI=1S/C20H26N4O4S/c1-11-9-23(10-12(2)28-11)17(14-6-7-15(26-4)16(8-14)27-5)18-19(25)24-20(29-18)21-13(3)22-24/h6-8,11-12,17,25H,9-10H2,1-5H3/p+1/t11-,12+,17-/m1/s1. The smallest absolute Gasteiger partial charge is 0.235 e. The third-order valence-corrected chi connectivity index (χ3v) is 6.37. The number of morpholine rings is 1. The number of nitrogens with one attached hydrogen (secondary N) is 1. The first kappa shape index (κ1) is 19.9. The topological polar surface area (TPSA) is 82.6 Å². The molecule has 3 heterocycles. The summed E-state index contributed by atoms with van der Waals surface area (Å²) in [5, 5.41) is 15.3. The lowest BCUT2D eigenvalue weighted by Crippen LogP contribution is -3.15. The molecule has 3 aromatic rings. The van der Waals surface area contributed by atoms with Gasteiger partial charge in [0.1, 0.15) is 36.0 Å². The molecule has 8 nitrogen and oxygen atoms in total. The normalized spacial score (nSPS) is 23.3. The summed E-state index contributed by atoms with van der Waals surface area (Å²) in [6.07, 6.45) is 0.255. The van der Waals surface area contributed by atoms with Crippen molar-refractivity contribution in [2.24, 2.45) is 0 Å². The van der Waals surface area contributed by atoms with Gasteiger partial charge in [0.05, 0.1) is 14.2 Å². The van der Waals surface area contributed by atoms with Gasteiger partial charge in [-0.25, -0.2) is 4.98 Å². The van der Waals surface area contributed by atoms with Gasteiger partial charge in [-0.05, 0) is 39.0 Å². The molecule has 1 aromatic carbocycles. The monoisotopic (exact) mass is 419 g/mol. The van der Waals surface area contributed by atoms with Crippen LogP contribution in [0.3, 0.4) is 0 Å². The second-order valence-corrected chi connectivity index (χ2v) is 8.52. The first-order valence-corrected chi connectivity index (χ1v) is 10.5. The summed E-state index contributed by atoms with van der Waals surface area (Å²) in [5.74, 6) is 2.13. The summed E-state index contributed by atoms with van der Waals surface area (Å²) in [6, 6.07) is 5.83. The number of fused-ring (bicyclic) bond motifs is 1. The number of thiazole rings is 1. The average molecular weight is 420 g/mol. The largest absolute Gasteiger partial charge is 0.493 e. The van der Waals surface area contributed by atoms with Gasteiger partial charge in [0, 0.05) is 5.56 Å². The summed E-state index contributed by atoms with van der Waals surface area (Å²) >= 11 is 1.47. The maximum absolute atomic E-state index is 11.0. The number of nitrogens with zero attached hydrogens (tertiary/aromatic N) is 3. The van der Waals surface area contributed by atoms with Crippen LogP contribution in [-0.4, -0.2) is 59.2 Å². The summed E-state index contributed by atoms with van der Waals surface area (Å²) in [6.45, 7) is 7.66. The minimum Gasteiger partial charge on any atom is -0.493 e. The molecule has 4 rings (SSSR count). The van der Waals surface area contributed by atoms with Crippen molar-refractivity contribution in [1.82, 2.24) is 14.6 Å². The van der Waals surface area contributed by atoms with Gasteiger partial charge in [0.25, 0.3) is 0 Å². The molecule has 1 fully saturated rings. The quantitative estimate of drug-likeness (QED) is 0.654. The van der Waals surface area contributed by atoms with Gasteiger partial charge < -0.3 is 24.2 Å². The second-order valence-electron chi connectivity index (χ2n) is 7.51. The van der Waals surface area contributed by atoms with Crippen molar-refractivity contribution in [3.8, 4) is 17.4 Å². The van der Waals surface area contributed by atoms with E-state index in [0.29, 0.717) is 22.3 Å². The number of ether oxygens (including phenoxy) is 3. The average Bonchev–Trinajstić information content (AvgIpc) is 3.18. The lowest BCUT2D eigenvalue weighted by Gasteiger charge is -2.37. The van der Waals surface area contributed by atoms with E-state index in [9.17, 15) is 5.11 Å². The van der Waals surface area contributed by atoms with E-state index in [1.54, 1.807) is 14.2 Å². The van der Waals surface area contributed by atoms with Crippen molar-refractivity contribution in [2.45, 2.75) is 39.0 Å². The van der Waals surface area contributed by atoms with Crippen molar-refractivity contribution < 1.29 is 24.2 Å². The number of rotatable bonds is 5. The maximum Gasteiger partial charge on any atom is 0.235 e. The minimum absolute atomic E-state index is 0.0996. The van der Waals surface area contributed by atoms with Gasteiger partial charge in [-0.15, -0.1) is 5.10 Å². The number of methoxy groups -OCH3 is 2. The number of benzene rings is 1. The molecule has 1 aliphatic rings. The molecule has 2 aromatic heterocycles. The van der Waals surface area contributed by atoms with E-state index in [2.05, 4.69) is 23.9 Å². The number of aryl methyl sites for hydroxylation is 1. The highest BCUT2D eigenvalue weighted by atomic mass is 32.1. The molecule has 0 bridgehead atoms. The van der Waals surface area contributed by atoms with Crippen LogP contribution in [0.5, 0.6) is 17.4 Å². The van der Waals surface area contributed by atoms with E-state index in [-0.39, 0.29) is 24.1 Å². The van der Waals surface area contributed by atoms with Crippen LogP contribution in [0.25, 0.3) is 4.96 Å². The minimum atomic E-state index is -0.0996. The van der Waals surface area contributed by atoms with E-state index in [4.69, 9.17) is 14.2 Å². The lowest BCUT2D eigenvalue weighted by molar-refractivity contribution is -0.939. The van der Waals surface area contributed by atoms with E-state index < -0.39 is 0 Å². The number of aromatic nitrogens is 3. The Kier molecular flexibility index (Phi) is 5.37. The van der Waals surface area contributed by atoms with Crippen molar-refractivity contribution in [2.75, 3.05) is 27.3 Å². The van der Waals surface area contributed by atoms with Gasteiger partial charge in [-0.3, -0.25) is 0 Å². The zero-order chi connectivity index (χ0) is 20.7. The van der Waals surface area contributed by atoms with Crippen molar-refractivity contribution in [3.05, 3.63) is 34.5 Å². The Morgan fingerprint density at radius 2 is 1.90 bits per heavy atom. The van der Waals surface area contributed by atoms with E-state index in [1.165, 1.54) is 20.8 Å². The number of quaternary nitrogens is 1. The zero-order valence-electron chi connectivity index (χ0n) is 17.3. The molecule has 1 unspecified atom stereocenters. The van der Waals surface area contributed by atoms with Crippen LogP contribution in [0.2, 0.25) is 0 Å². The fourth-order valence-corrected chi connectivity index (χ4v) is 5.38. The predicted octanol–water partition coefficient (Wildman–Crippen LogP) is 1.60. The number of hydrogen-bond acceptors (Lipinski definition) is 7. The molecule has 0 spiro atoms. The number of hydrogen-bond donors (Lipinski definition) is 2. The Bertz CT molecular complexity index is 1010. The summed E-state index contributed by atoms with van der Waals surface area (Å²) < 4.78 is 18.4. The molecule has 0 radical (unpaired) electrons. The maximum atomic E-state index is 11.0. The first-order valence-electron chi connectivity index (χ1n) is 9.68. The fourth-order valence-electron chi connectivity index (χ4n) is 4.19. The molecule has 156 valence electrons. The molecule has 0 amide bonds. The molecule has 29 heavy (non-hydrogen) atoms. The molecular formula is C20H27N4O4S+. The molecular weight excluding hydrogens is 392 g/mol. The zero-order valence-corrected chi connectivity index (χ0v) is 18.1. The molecule has 9 heteroatoms.